The minimum absolute atomic E-state index is 0.450. The SMILES string of the molecule is N#Cc1ccc(N2CCN(C(=O)C(F)Cl)CC2)cc1.O=C(O)C(F)(F)F. The molecule has 0 radical (unpaired) electrons. The first kappa shape index (κ1) is 21.5. The molecule has 0 saturated carbocycles. The van der Waals surface area contributed by atoms with Gasteiger partial charge in [0.25, 0.3) is 11.5 Å². The van der Waals surface area contributed by atoms with Gasteiger partial charge in [0.05, 0.1) is 11.6 Å². The van der Waals surface area contributed by atoms with Gasteiger partial charge in [-0.15, -0.1) is 0 Å². The van der Waals surface area contributed by atoms with Crippen molar-refractivity contribution >= 4 is 29.2 Å². The highest BCUT2D eigenvalue weighted by molar-refractivity contribution is 6.29. The van der Waals surface area contributed by atoms with Crippen LogP contribution in [0.25, 0.3) is 0 Å². The topological polar surface area (TPSA) is 84.6 Å². The third-order valence-electron chi connectivity index (χ3n) is 3.38. The van der Waals surface area contributed by atoms with Gasteiger partial charge in [0, 0.05) is 31.9 Å². The molecule has 0 aromatic heterocycles. The lowest BCUT2D eigenvalue weighted by Gasteiger charge is -2.36. The van der Waals surface area contributed by atoms with E-state index < -0.39 is 23.7 Å². The number of amides is 1. The summed E-state index contributed by atoms with van der Waals surface area (Å²) in [5.41, 5.74) is -0.352. The average molecular weight is 396 g/mol. The standard InChI is InChI=1S/C13H13ClFN3O.C2HF3O2/c14-12(15)13(19)18-7-5-17(6-8-18)11-3-1-10(9-16)2-4-11;3-2(4,5)1(6)7/h1-4,12H,5-8H2;(H,6,7). The zero-order valence-corrected chi connectivity index (χ0v) is 14.0. The number of rotatable bonds is 2. The van der Waals surface area contributed by atoms with E-state index in [9.17, 15) is 22.4 Å². The second-order valence-corrected chi connectivity index (χ2v) is 5.46. The van der Waals surface area contributed by atoms with Crippen LogP contribution in [-0.4, -0.2) is 59.9 Å². The van der Waals surface area contributed by atoms with Crippen LogP contribution in [-0.2, 0) is 9.59 Å². The summed E-state index contributed by atoms with van der Waals surface area (Å²) in [7, 11) is 0. The summed E-state index contributed by atoms with van der Waals surface area (Å²) in [5, 5.41) is 15.9. The highest BCUT2D eigenvalue weighted by atomic mass is 35.5. The number of halogens is 5. The molecule has 1 aliphatic heterocycles. The van der Waals surface area contributed by atoms with E-state index in [2.05, 4.69) is 11.0 Å². The molecule has 2 rings (SSSR count). The molecule has 11 heteroatoms. The molecule has 1 fully saturated rings. The van der Waals surface area contributed by atoms with Gasteiger partial charge in [-0.25, -0.2) is 9.18 Å². The maximum absolute atomic E-state index is 12.7. The van der Waals surface area contributed by atoms with Crippen molar-refractivity contribution in [2.45, 2.75) is 11.8 Å². The number of hydrogen-bond acceptors (Lipinski definition) is 4. The van der Waals surface area contributed by atoms with E-state index in [0.717, 1.165) is 5.69 Å². The lowest BCUT2D eigenvalue weighted by atomic mass is 10.2. The van der Waals surface area contributed by atoms with Crippen LogP contribution in [0.15, 0.2) is 24.3 Å². The van der Waals surface area contributed by atoms with Gasteiger partial charge in [-0.2, -0.15) is 18.4 Å². The first-order valence-electron chi connectivity index (χ1n) is 7.18. The molecule has 0 spiro atoms. The summed E-state index contributed by atoms with van der Waals surface area (Å²) in [6.45, 7) is 2.15. The number of alkyl halides is 5. The second-order valence-electron chi connectivity index (χ2n) is 5.07. The van der Waals surface area contributed by atoms with Crippen molar-refractivity contribution in [3.05, 3.63) is 29.8 Å². The smallest absolute Gasteiger partial charge is 0.475 e. The van der Waals surface area contributed by atoms with Crippen LogP contribution in [0.4, 0.5) is 23.2 Å². The highest BCUT2D eigenvalue weighted by Gasteiger charge is 2.38. The number of piperazine rings is 1. The second kappa shape index (κ2) is 9.24. The number of nitriles is 1. The highest BCUT2D eigenvalue weighted by Crippen LogP contribution is 2.18. The Balaban J connectivity index is 0.000000412. The number of benzene rings is 1. The lowest BCUT2D eigenvalue weighted by molar-refractivity contribution is -0.192. The molecule has 1 aliphatic rings. The van der Waals surface area contributed by atoms with Crippen molar-refractivity contribution in [1.29, 1.82) is 5.26 Å². The summed E-state index contributed by atoms with van der Waals surface area (Å²) in [5.74, 6) is -3.42. The fourth-order valence-electron chi connectivity index (χ4n) is 2.07. The number of nitrogens with zero attached hydrogens (tertiary/aromatic N) is 3. The van der Waals surface area contributed by atoms with Crippen molar-refractivity contribution < 1.29 is 32.3 Å². The molecule has 0 bridgehead atoms. The summed E-state index contributed by atoms with van der Waals surface area (Å²) < 4.78 is 44.4. The van der Waals surface area contributed by atoms with Gasteiger partial charge in [-0.1, -0.05) is 11.6 Å². The average Bonchev–Trinajstić information content (AvgIpc) is 2.61. The van der Waals surface area contributed by atoms with Crippen molar-refractivity contribution in [2.24, 2.45) is 0 Å². The number of carboxylic acids is 1. The van der Waals surface area contributed by atoms with Crippen LogP contribution < -0.4 is 4.90 Å². The molecule has 142 valence electrons. The van der Waals surface area contributed by atoms with Gasteiger partial charge < -0.3 is 14.9 Å². The zero-order chi connectivity index (χ0) is 19.9. The molecule has 1 atom stereocenters. The van der Waals surface area contributed by atoms with E-state index in [-0.39, 0.29) is 0 Å². The van der Waals surface area contributed by atoms with Gasteiger partial charge in [0.1, 0.15) is 0 Å². The van der Waals surface area contributed by atoms with Crippen LogP contribution in [0.1, 0.15) is 5.56 Å². The number of hydrogen-bond donors (Lipinski definition) is 1. The maximum atomic E-state index is 12.7. The number of carboxylic acid groups (broad SMARTS) is 1. The Labute approximate surface area is 151 Å². The van der Waals surface area contributed by atoms with Crippen LogP contribution in [0.2, 0.25) is 0 Å². The van der Waals surface area contributed by atoms with Crippen molar-refractivity contribution in [3.63, 3.8) is 0 Å². The molecular weight excluding hydrogens is 382 g/mol. The maximum Gasteiger partial charge on any atom is 0.490 e. The van der Waals surface area contributed by atoms with Gasteiger partial charge in [-0.3, -0.25) is 4.79 Å². The normalized spacial score (nSPS) is 15.4. The van der Waals surface area contributed by atoms with Crippen LogP contribution in [0.3, 0.4) is 0 Å². The van der Waals surface area contributed by atoms with E-state index in [1.807, 2.05) is 12.1 Å². The quantitative estimate of drug-likeness (QED) is 0.614. The Morgan fingerprint density at radius 1 is 1.15 bits per heavy atom. The molecule has 1 saturated heterocycles. The van der Waals surface area contributed by atoms with Crippen LogP contribution in [0, 0.1) is 11.3 Å². The Morgan fingerprint density at radius 3 is 1.96 bits per heavy atom. The largest absolute Gasteiger partial charge is 0.490 e. The number of carbonyl (C=O) groups is 2. The fourth-order valence-corrected chi connectivity index (χ4v) is 2.21. The van der Waals surface area contributed by atoms with Crippen molar-refractivity contribution in [2.75, 3.05) is 31.1 Å². The summed E-state index contributed by atoms with van der Waals surface area (Å²) >= 11 is 5.15. The molecule has 1 aromatic carbocycles. The van der Waals surface area contributed by atoms with Crippen molar-refractivity contribution in [3.8, 4) is 6.07 Å². The minimum atomic E-state index is -5.08. The van der Waals surface area contributed by atoms with Gasteiger partial charge >= 0.3 is 12.1 Å². The van der Waals surface area contributed by atoms with Crippen LogP contribution in [0.5, 0.6) is 0 Å². The van der Waals surface area contributed by atoms with E-state index in [0.29, 0.717) is 31.7 Å². The molecule has 0 aliphatic carbocycles. The first-order chi connectivity index (χ1) is 12.1. The predicted octanol–water partition coefficient (Wildman–Crippen LogP) is 2.37. The molecule has 1 N–H and O–H groups in total. The molecule has 1 aromatic rings. The third-order valence-corrected chi connectivity index (χ3v) is 3.57. The van der Waals surface area contributed by atoms with E-state index in [1.54, 1.807) is 12.1 Å². The third kappa shape index (κ3) is 6.40. The van der Waals surface area contributed by atoms with E-state index in [4.69, 9.17) is 26.8 Å². The van der Waals surface area contributed by atoms with Gasteiger partial charge in [0.15, 0.2) is 0 Å². The number of anilines is 1. The predicted molar refractivity (Wildman–Crippen MR) is 84.4 cm³/mol. The summed E-state index contributed by atoms with van der Waals surface area (Å²) in [6, 6.07) is 9.31. The number of carbonyl (C=O) groups excluding carboxylic acids is 1. The molecule has 1 unspecified atom stereocenters. The molecule has 1 heterocycles. The Morgan fingerprint density at radius 2 is 1.62 bits per heavy atom. The summed E-state index contributed by atoms with van der Waals surface area (Å²) in [6.07, 6.45) is -5.08. The Bertz CT molecular complexity index is 666. The fraction of sp³-hybridized carbons (Fsp3) is 0.400. The van der Waals surface area contributed by atoms with Gasteiger partial charge in [0.2, 0.25) is 0 Å². The first-order valence-corrected chi connectivity index (χ1v) is 7.62. The molecule has 26 heavy (non-hydrogen) atoms. The molecule has 6 nitrogen and oxygen atoms in total. The van der Waals surface area contributed by atoms with Crippen molar-refractivity contribution in [1.82, 2.24) is 4.90 Å². The Hall–Kier alpha value is -2.54. The Kier molecular flexibility index (Phi) is 7.64. The zero-order valence-electron chi connectivity index (χ0n) is 13.2. The molecule has 1 amide bonds. The minimum Gasteiger partial charge on any atom is -0.475 e. The molecular formula is C15H14ClF4N3O3. The van der Waals surface area contributed by atoms with Gasteiger partial charge in [-0.05, 0) is 24.3 Å². The van der Waals surface area contributed by atoms with E-state index >= 15 is 0 Å². The lowest BCUT2D eigenvalue weighted by Crippen LogP contribution is -2.50. The number of aliphatic carboxylic acids is 1. The van der Waals surface area contributed by atoms with Crippen LogP contribution >= 0.6 is 11.6 Å². The monoisotopic (exact) mass is 395 g/mol. The van der Waals surface area contributed by atoms with E-state index in [1.165, 1.54) is 4.90 Å². The summed E-state index contributed by atoms with van der Waals surface area (Å²) in [4.78, 5) is 23.8.